The van der Waals surface area contributed by atoms with E-state index in [9.17, 15) is 24.0 Å². The second kappa shape index (κ2) is 11.9. The van der Waals surface area contributed by atoms with Crippen LogP contribution >= 0.6 is 27.7 Å². The minimum Gasteiger partial charge on any atom is -0.493 e. The van der Waals surface area contributed by atoms with Crippen LogP contribution in [0.15, 0.2) is 70.0 Å². The van der Waals surface area contributed by atoms with Gasteiger partial charge in [0, 0.05) is 11.3 Å². The summed E-state index contributed by atoms with van der Waals surface area (Å²) in [6.07, 6.45) is 1.52. The number of methoxy groups -OCH3 is 1. The molecule has 1 N–H and O–H groups in total. The quantitative estimate of drug-likeness (QED) is 0.331. The van der Waals surface area contributed by atoms with Gasteiger partial charge in [-0.3, -0.25) is 19.3 Å². The highest BCUT2D eigenvalue weighted by Gasteiger charge is 2.36. The van der Waals surface area contributed by atoms with Gasteiger partial charge in [-0.2, -0.15) is 5.26 Å². The second-order valence-corrected chi connectivity index (χ2v) is 9.76. The average Bonchev–Trinajstić information content (AvgIpc) is 3.16. The highest BCUT2D eigenvalue weighted by Crippen LogP contribution is 2.39. The van der Waals surface area contributed by atoms with Crippen molar-refractivity contribution in [1.82, 2.24) is 4.90 Å². The van der Waals surface area contributed by atoms with E-state index in [0.29, 0.717) is 50.1 Å². The van der Waals surface area contributed by atoms with Crippen LogP contribution < -0.4 is 14.8 Å². The maximum absolute atomic E-state index is 13.1. The number of hydrogen-bond donors (Lipinski definition) is 1. The highest BCUT2D eigenvalue weighted by molar-refractivity contribution is 9.10. The maximum Gasteiger partial charge on any atom is 0.294 e. The highest BCUT2D eigenvalue weighted by atomic mass is 79.9. The summed E-state index contributed by atoms with van der Waals surface area (Å²) in [6, 6.07) is 17.7. The number of anilines is 1. The molecule has 0 saturated carbocycles. The second-order valence-electron chi connectivity index (χ2n) is 7.91. The number of ether oxygens (including phenoxy) is 2. The van der Waals surface area contributed by atoms with Crippen molar-refractivity contribution in [2.24, 2.45) is 0 Å². The smallest absolute Gasteiger partial charge is 0.294 e. The Hall–Kier alpha value is -4.14. The molecule has 3 amide bonds. The topological polar surface area (TPSA) is 109 Å². The van der Waals surface area contributed by atoms with Gasteiger partial charge in [0.1, 0.15) is 19.0 Å². The molecule has 0 aromatic heterocycles. The predicted octanol–water partition coefficient (Wildman–Crippen LogP) is 5.72. The van der Waals surface area contributed by atoms with Crippen LogP contribution in [0.5, 0.6) is 11.5 Å². The number of amides is 3. The Morgan fingerprint density at radius 3 is 2.63 bits per heavy atom. The zero-order valence-corrected chi connectivity index (χ0v) is 22.3. The van der Waals surface area contributed by atoms with Crippen molar-refractivity contribution in [3.05, 3.63) is 92.5 Å². The summed E-state index contributed by atoms with van der Waals surface area (Å²) in [7, 11) is 1.47. The summed E-state index contributed by atoms with van der Waals surface area (Å²) < 4.78 is 25.0. The summed E-state index contributed by atoms with van der Waals surface area (Å²) in [5.74, 6) is -0.881. The molecule has 1 heterocycles. The Kier molecular flexibility index (Phi) is 8.45. The molecule has 0 unspecified atom stereocenters. The van der Waals surface area contributed by atoms with E-state index in [-0.39, 0.29) is 11.5 Å². The number of nitriles is 1. The standard InChI is InChI=1S/C27H19BrFN3O5S/c1-36-22-11-16(10-21(28)25(22)37-15-18-5-3-2-4-17(18)13-30)12-23-26(34)32(27(35)38-23)14-24(33)31-20-8-6-19(29)7-9-20/h2-12H,14-15H2,1H3,(H,31,33)/b23-12-. The Morgan fingerprint density at radius 2 is 1.92 bits per heavy atom. The lowest BCUT2D eigenvalue weighted by molar-refractivity contribution is -0.127. The van der Waals surface area contributed by atoms with Crippen molar-refractivity contribution < 1.29 is 28.2 Å². The lowest BCUT2D eigenvalue weighted by Gasteiger charge is -2.14. The number of hydrogen-bond acceptors (Lipinski definition) is 7. The van der Waals surface area contributed by atoms with Crippen LogP contribution in [0.2, 0.25) is 0 Å². The SMILES string of the molecule is COc1cc(/C=C2\SC(=O)N(CC(=O)Nc3ccc(F)cc3)C2=O)cc(Br)c1OCc1ccccc1C#N. The number of thioether (sulfide) groups is 1. The van der Waals surface area contributed by atoms with E-state index in [1.54, 1.807) is 30.3 Å². The summed E-state index contributed by atoms with van der Waals surface area (Å²) in [5, 5.41) is 11.2. The lowest BCUT2D eigenvalue weighted by Crippen LogP contribution is -2.36. The first kappa shape index (κ1) is 26.9. The van der Waals surface area contributed by atoms with Crippen molar-refractivity contribution in [2.75, 3.05) is 19.0 Å². The van der Waals surface area contributed by atoms with E-state index in [2.05, 4.69) is 27.3 Å². The summed E-state index contributed by atoms with van der Waals surface area (Å²) >= 11 is 4.17. The number of nitrogens with one attached hydrogen (secondary N) is 1. The van der Waals surface area contributed by atoms with Gasteiger partial charge in [-0.05, 0) is 81.8 Å². The molecule has 1 fully saturated rings. The number of carbonyl (C=O) groups excluding carboxylic acids is 3. The van der Waals surface area contributed by atoms with Crippen LogP contribution in [0.1, 0.15) is 16.7 Å². The van der Waals surface area contributed by atoms with E-state index >= 15 is 0 Å². The van der Waals surface area contributed by atoms with Crippen LogP contribution in [0, 0.1) is 17.1 Å². The van der Waals surface area contributed by atoms with Crippen LogP contribution in [0.25, 0.3) is 6.08 Å². The van der Waals surface area contributed by atoms with Gasteiger partial charge in [0.15, 0.2) is 11.5 Å². The van der Waals surface area contributed by atoms with E-state index in [1.165, 1.54) is 37.5 Å². The van der Waals surface area contributed by atoms with E-state index < -0.39 is 29.4 Å². The molecule has 0 atom stereocenters. The van der Waals surface area contributed by atoms with E-state index in [0.717, 1.165) is 4.90 Å². The number of carbonyl (C=O) groups is 3. The molecule has 0 bridgehead atoms. The van der Waals surface area contributed by atoms with E-state index in [1.807, 2.05) is 6.07 Å². The first-order valence-corrected chi connectivity index (χ1v) is 12.7. The van der Waals surface area contributed by atoms with Gasteiger partial charge in [-0.1, -0.05) is 18.2 Å². The third-order valence-electron chi connectivity index (χ3n) is 5.36. The zero-order chi connectivity index (χ0) is 27.2. The minimum atomic E-state index is -0.613. The molecule has 1 aliphatic heterocycles. The molecule has 8 nitrogen and oxygen atoms in total. The van der Waals surface area contributed by atoms with Crippen LogP contribution in [0.3, 0.4) is 0 Å². The summed E-state index contributed by atoms with van der Waals surface area (Å²) in [6.45, 7) is -0.347. The molecule has 4 rings (SSSR count). The number of halogens is 2. The number of benzene rings is 3. The molecule has 1 saturated heterocycles. The molecular formula is C27H19BrFN3O5S. The van der Waals surface area contributed by atoms with Gasteiger partial charge in [0.2, 0.25) is 5.91 Å². The van der Waals surface area contributed by atoms with Gasteiger partial charge in [0.25, 0.3) is 11.1 Å². The first-order chi connectivity index (χ1) is 18.3. The molecule has 1 aliphatic rings. The fraction of sp³-hybridized carbons (Fsp3) is 0.111. The molecular weight excluding hydrogens is 577 g/mol. The Balaban J connectivity index is 1.48. The molecule has 3 aromatic rings. The lowest BCUT2D eigenvalue weighted by atomic mass is 10.1. The van der Waals surface area contributed by atoms with E-state index in [4.69, 9.17) is 9.47 Å². The number of nitrogens with zero attached hydrogens (tertiary/aromatic N) is 2. The Labute approximate surface area is 230 Å². The molecule has 192 valence electrons. The van der Waals surface area contributed by atoms with Crippen molar-refractivity contribution in [3.8, 4) is 17.6 Å². The van der Waals surface area contributed by atoms with Crippen molar-refractivity contribution >= 4 is 56.5 Å². The van der Waals surface area contributed by atoms with Crippen molar-refractivity contribution in [1.29, 1.82) is 5.26 Å². The minimum absolute atomic E-state index is 0.134. The van der Waals surface area contributed by atoms with Gasteiger partial charge in [0.05, 0.1) is 28.1 Å². The first-order valence-electron chi connectivity index (χ1n) is 11.1. The van der Waals surface area contributed by atoms with Gasteiger partial charge < -0.3 is 14.8 Å². The monoisotopic (exact) mass is 595 g/mol. The van der Waals surface area contributed by atoms with Crippen LogP contribution in [-0.4, -0.2) is 35.6 Å². The third kappa shape index (κ3) is 6.22. The van der Waals surface area contributed by atoms with Gasteiger partial charge in [-0.25, -0.2) is 4.39 Å². The third-order valence-corrected chi connectivity index (χ3v) is 6.86. The van der Waals surface area contributed by atoms with Crippen LogP contribution in [-0.2, 0) is 16.2 Å². The molecule has 38 heavy (non-hydrogen) atoms. The Morgan fingerprint density at radius 1 is 1.18 bits per heavy atom. The largest absolute Gasteiger partial charge is 0.493 e. The fourth-order valence-corrected chi connectivity index (χ4v) is 4.95. The fourth-order valence-electron chi connectivity index (χ4n) is 3.53. The summed E-state index contributed by atoms with van der Waals surface area (Å²) in [5.41, 5.74) is 2.11. The predicted molar refractivity (Wildman–Crippen MR) is 144 cm³/mol. The van der Waals surface area contributed by atoms with Gasteiger partial charge in [-0.15, -0.1) is 0 Å². The van der Waals surface area contributed by atoms with Crippen LogP contribution in [0.4, 0.5) is 14.9 Å². The normalized spacial score (nSPS) is 13.9. The zero-order valence-electron chi connectivity index (χ0n) is 19.9. The molecule has 0 radical (unpaired) electrons. The number of imide groups is 1. The Bertz CT molecular complexity index is 1490. The average molecular weight is 596 g/mol. The summed E-state index contributed by atoms with van der Waals surface area (Å²) in [4.78, 5) is 38.6. The van der Waals surface area contributed by atoms with Gasteiger partial charge >= 0.3 is 0 Å². The molecule has 0 spiro atoms. The molecule has 11 heteroatoms. The number of rotatable bonds is 8. The van der Waals surface area contributed by atoms with Crippen molar-refractivity contribution in [3.63, 3.8) is 0 Å². The van der Waals surface area contributed by atoms with Crippen molar-refractivity contribution in [2.45, 2.75) is 6.61 Å². The maximum atomic E-state index is 13.1. The molecule has 0 aliphatic carbocycles. The molecule has 3 aromatic carbocycles.